The van der Waals surface area contributed by atoms with Gasteiger partial charge in [0.15, 0.2) is 0 Å². The fourth-order valence-corrected chi connectivity index (χ4v) is 1.15. The average molecular weight is 160 g/mol. The van der Waals surface area contributed by atoms with Crippen molar-refractivity contribution in [1.82, 2.24) is 0 Å². The van der Waals surface area contributed by atoms with Crippen LogP contribution in [0.4, 0.5) is 0 Å². The molecule has 0 aromatic rings. The third kappa shape index (κ3) is 3.38. The van der Waals surface area contributed by atoms with E-state index >= 15 is 0 Å². The van der Waals surface area contributed by atoms with Crippen LogP contribution in [0.2, 0.25) is 0 Å². The Bertz CT molecular complexity index is 249. The zero-order valence-electron chi connectivity index (χ0n) is 7.88. The van der Waals surface area contributed by atoms with Gasteiger partial charge in [-0.3, -0.25) is 0 Å². The van der Waals surface area contributed by atoms with Gasteiger partial charge in [0.1, 0.15) is 0 Å². The molecule has 1 rings (SSSR count). The average Bonchev–Trinajstić information content (AvgIpc) is 2.06. The van der Waals surface area contributed by atoms with Gasteiger partial charge < -0.3 is 0 Å². The third-order valence-electron chi connectivity index (χ3n) is 1.94. The molecule has 0 nitrogen and oxygen atoms in total. The topological polar surface area (TPSA) is 0 Å². The van der Waals surface area contributed by atoms with Gasteiger partial charge in [0, 0.05) is 0 Å². The van der Waals surface area contributed by atoms with Gasteiger partial charge in [0.25, 0.3) is 0 Å². The van der Waals surface area contributed by atoms with Gasteiger partial charge in [-0.25, -0.2) is 0 Å². The number of hydrogen-bond acceptors (Lipinski definition) is 0. The van der Waals surface area contributed by atoms with Crippen molar-refractivity contribution in [3.63, 3.8) is 0 Å². The molecular formula is C12H16. The monoisotopic (exact) mass is 160 g/mol. The second-order valence-electron chi connectivity index (χ2n) is 3.25. The van der Waals surface area contributed by atoms with E-state index in [9.17, 15) is 0 Å². The molecule has 0 saturated carbocycles. The number of rotatable bonds is 0. The Morgan fingerprint density at radius 3 is 2.67 bits per heavy atom. The standard InChI is InChI=1S/C12H16/c1-11-7-3-5-9-12(2)10-6-4-8-11/h3-5,7-9H,6,10H2,1-2H3/b5-3+,8-4?,11-7?,12-9-. The summed E-state index contributed by atoms with van der Waals surface area (Å²) in [6, 6.07) is 0. The van der Waals surface area contributed by atoms with Gasteiger partial charge in [-0.15, -0.1) is 0 Å². The largest absolute Gasteiger partial charge is 0.0840 e. The zero-order valence-corrected chi connectivity index (χ0v) is 7.88. The Labute approximate surface area is 75.0 Å². The maximum atomic E-state index is 2.24. The van der Waals surface area contributed by atoms with E-state index in [0.29, 0.717) is 0 Å². The van der Waals surface area contributed by atoms with Crippen LogP contribution < -0.4 is 0 Å². The summed E-state index contributed by atoms with van der Waals surface area (Å²) in [6.07, 6.45) is 15.3. The van der Waals surface area contributed by atoms with Crippen LogP contribution in [-0.4, -0.2) is 0 Å². The second-order valence-corrected chi connectivity index (χ2v) is 3.25. The van der Waals surface area contributed by atoms with E-state index in [0.717, 1.165) is 6.42 Å². The highest BCUT2D eigenvalue weighted by atomic mass is 13.9. The highest BCUT2D eigenvalue weighted by Gasteiger charge is 1.87. The summed E-state index contributed by atoms with van der Waals surface area (Å²) in [5, 5.41) is 0. The molecule has 0 heterocycles. The van der Waals surface area contributed by atoms with Gasteiger partial charge in [-0.1, -0.05) is 47.6 Å². The predicted octanol–water partition coefficient (Wildman–Crippen LogP) is 3.79. The first-order chi connectivity index (χ1) is 5.79. The molecule has 1 aliphatic carbocycles. The lowest BCUT2D eigenvalue weighted by Gasteiger charge is -1.97. The molecule has 0 spiro atoms. The molecule has 64 valence electrons. The maximum Gasteiger partial charge on any atom is -0.0285 e. The molecule has 12 heavy (non-hydrogen) atoms. The lowest BCUT2D eigenvalue weighted by Crippen LogP contribution is -1.76. The summed E-state index contributed by atoms with van der Waals surface area (Å²) in [5.74, 6) is 0. The predicted molar refractivity (Wildman–Crippen MR) is 55.0 cm³/mol. The van der Waals surface area contributed by atoms with Crippen LogP contribution in [0.25, 0.3) is 0 Å². The van der Waals surface area contributed by atoms with Crippen molar-refractivity contribution in [2.75, 3.05) is 0 Å². The second kappa shape index (κ2) is 4.76. The van der Waals surface area contributed by atoms with E-state index in [-0.39, 0.29) is 0 Å². The van der Waals surface area contributed by atoms with Crippen LogP contribution in [0.5, 0.6) is 0 Å². The minimum atomic E-state index is 1.15. The molecule has 0 saturated heterocycles. The molecule has 0 fully saturated rings. The van der Waals surface area contributed by atoms with Crippen LogP contribution in [0.15, 0.2) is 47.6 Å². The molecule has 0 atom stereocenters. The quantitative estimate of drug-likeness (QED) is 0.506. The summed E-state index contributed by atoms with van der Waals surface area (Å²) in [6.45, 7) is 4.30. The Balaban J connectivity index is 2.74. The zero-order chi connectivity index (χ0) is 8.81. The van der Waals surface area contributed by atoms with Crippen molar-refractivity contribution in [2.24, 2.45) is 0 Å². The Kier molecular flexibility index (Phi) is 3.59. The fourth-order valence-electron chi connectivity index (χ4n) is 1.15. The van der Waals surface area contributed by atoms with Crippen molar-refractivity contribution in [1.29, 1.82) is 0 Å². The normalized spacial score (nSPS) is 25.5. The molecular weight excluding hydrogens is 144 g/mol. The Hall–Kier alpha value is -1.04. The molecule has 0 N–H and O–H groups in total. The van der Waals surface area contributed by atoms with Crippen LogP contribution in [0.1, 0.15) is 26.7 Å². The first kappa shape index (κ1) is 9.05. The summed E-state index contributed by atoms with van der Waals surface area (Å²) >= 11 is 0. The van der Waals surface area contributed by atoms with Crippen LogP contribution in [0, 0.1) is 0 Å². The summed E-state index contributed by atoms with van der Waals surface area (Å²) in [5.41, 5.74) is 2.77. The van der Waals surface area contributed by atoms with Gasteiger partial charge in [0.2, 0.25) is 0 Å². The van der Waals surface area contributed by atoms with Gasteiger partial charge >= 0.3 is 0 Å². The Morgan fingerprint density at radius 1 is 1.08 bits per heavy atom. The SMILES string of the molecule is CC1=C/C=C/C=C(/C)CCC=C1. The minimum absolute atomic E-state index is 1.15. The highest BCUT2D eigenvalue weighted by molar-refractivity contribution is 5.25. The van der Waals surface area contributed by atoms with E-state index in [4.69, 9.17) is 0 Å². The number of hydrogen-bond donors (Lipinski definition) is 0. The van der Waals surface area contributed by atoms with Gasteiger partial charge in [-0.05, 0) is 26.7 Å². The molecule has 0 heteroatoms. The third-order valence-corrected chi connectivity index (χ3v) is 1.94. The Morgan fingerprint density at radius 2 is 1.83 bits per heavy atom. The van der Waals surface area contributed by atoms with Crippen LogP contribution >= 0.6 is 0 Å². The van der Waals surface area contributed by atoms with E-state index in [1.807, 2.05) is 0 Å². The van der Waals surface area contributed by atoms with Crippen molar-refractivity contribution in [3.8, 4) is 0 Å². The van der Waals surface area contributed by atoms with E-state index in [2.05, 4.69) is 50.3 Å². The first-order valence-corrected chi connectivity index (χ1v) is 4.46. The lowest BCUT2D eigenvalue weighted by atomic mass is 10.1. The fraction of sp³-hybridized carbons (Fsp3) is 0.333. The molecule has 0 aliphatic heterocycles. The van der Waals surface area contributed by atoms with E-state index in [1.54, 1.807) is 0 Å². The molecule has 0 bridgehead atoms. The molecule has 0 aromatic carbocycles. The van der Waals surface area contributed by atoms with Gasteiger partial charge in [-0.2, -0.15) is 0 Å². The van der Waals surface area contributed by atoms with E-state index in [1.165, 1.54) is 17.6 Å². The van der Waals surface area contributed by atoms with Gasteiger partial charge in [0.05, 0.1) is 0 Å². The first-order valence-electron chi connectivity index (χ1n) is 4.46. The molecule has 0 unspecified atom stereocenters. The van der Waals surface area contributed by atoms with Crippen molar-refractivity contribution >= 4 is 0 Å². The lowest BCUT2D eigenvalue weighted by molar-refractivity contribution is 0.976. The number of allylic oxidation sites excluding steroid dienone is 8. The van der Waals surface area contributed by atoms with Crippen molar-refractivity contribution in [2.45, 2.75) is 26.7 Å². The maximum absolute atomic E-state index is 2.24. The summed E-state index contributed by atoms with van der Waals surface area (Å²) in [7, 11) is 0. The van der Waals surface area contributed by atoms with Crippen molar-refractivity contribution in [3.05, 3.63) is 47.6 Å². The minimum Gasteiger partial charge on any atom is -0.0840 e. The summed E-state index contributed by atoms with van der Waals surface area (Å²) < 4.78 is 0. The van der Waals surface area contributed by atoms with Crippen molar-refractivity contribution < 1.29 is 0 Å². The molecule has 0 aromatic heterocycles. The van der Waals surface area contributed by atoms with E-state index < -0.39 is 0 Å². The highest BCUT2D eigenvalue weighted by Crippen LogP contribution is 2.08. The molecule has 1 aliphatic rings. The smallest absolute Gasteiger partial charge is 0.0285 e. The summed E-state index contributed by atoms with van der Waals surface area (Å²) in [4.78, 5) is 0. The van der Waals surface area contributed by atoms with Crippen LogP contribution in [-0.2, 0) is 0 Å². The molecule has 0 amide bonds. The molecule has 0 radical (unpaired) electrons. The van der Waals surface area contributed by atoms with Crippen LogP contribution in [0.3, 0.4) is 0 Å².